The normalized spacial score (nSPS) is 18.8. The van der Waals surface area contributed by atoms with E-state index in [4.69, 9.17) is 26.4 Å². The van der Waals surface area contributed by atoms with Crippen molar-refractivity contribution < 1.29 is 19.0 Å². The molecule has 0 amide bonds. The monoisotopic (exact) mass is 585 g/mol. The average Bonchev–Trinajstić information content (AvgIpc) is 3.34. The van der Waals surface area contributed by atoms with Gasteiger partial charge in [-0.15, -0.1) is 0 Å². The fourth-order valence-electron chi connectivity index (χ4n) is 5.21. The maximum absolute atomic E-state index is 12.4. The Morgan fingerprint density at radius 2 is 1.52 bits per heavy atom. The number of carbonyl (C=O) groups excluding carboxylic acids is 1. The highest BCUT2D eigenvalue weighted by atomic mass is 32.1. The van der Waals surface area contributed by atoms with E-state index in [1.54, 1.807) is 0 Å². The number of ether oxygens (including phenoxy) is 3. The zero-order valence-electron chi connectivity index (χ0n) is 26.8. The number of rotatable bonds is 25. The highest BCUT2D eigenvalue weighted by Crippen LogP contribution is 2.36. The quantitative estimate of drug-likeness (QED) is 0.0693. The fraction of sp³-hybridized carbons (Fsp3) is 0.938. The summed E-state index contributed by atoms with van der Waals surface area (Å²) in [7, 11) is 4.12. The molecule has 2 unspecified atom stereocenters. The first kappa shape index (κ1) is 37.1. The van der Waals surface area contributed by atoms with Gasteiger partial charge in [0, 0.05) is 25.9 Å². The van der Waals surface area contributed by atoms with Gasteiger partial charge in [-0.25, -0.2) is 0 Å². The van der Waals surface area contributed by atoms with Crippen LogP contribution in [0.3, 0.4) is 0 Å². The highest BCUT2D eigenvalue weighted by Gasteiger charge is 2.40. The lowest BCUT2D eigenvalue weighted by Crippen LogP contribution is -2.43. The fourth-order valence-corrected chi connectivity index (χ4v) is 5.51. The average molecular weight is 586 g/mol. The minimum absolute atomic E-state index is 0.151. The molecule has 0 saturated carbocycles. The number of hydrogen-bond donors (Lipinski definition) is 1. The summed E-state index contributed by atoms with van der Waals surface area (Å²) in [4.78, 5) is 16.4. The lowest BCUT2D eigenvalue weighted by Gasteiger charge is -2.28. The summed E-state index contributed by atoms with van der Waals surface area (Å²) < 4.78 is 18.5. The second kappa shape index (κ2) is 23.6. The van der Waals surface area contributed by atoms with E-state index in [1.165, 1.54) is 70.6 Å². The van der Waals surface area contributed by atoms with Crippen molar-refractivity contribution in [1.29, 1.82) is 0 Å². The van der Waals surface area contributed by atoms with E-state index in [9.17, 15) is 4.79 Å². The van der Waals surface area contributed by atoms with Crippen molar-refractivity contribution in [3.63, 3.8) is 0 Å². The van der Waals surface area contributed by atoms with E-state index in [0.29, 0.717) is 24.9 Å². The number of hydrogen-bond acceptors (Lipinski definition) is 6. The Bertz CT molecular complexity index is 652. The van der Waals surface area contributed by atoms with E-state index in [1.807, 2.05) is 11.8 Å². The van der Waals surface area contributed by atoms with Crippen molar-refractivity contribution in [1.82, 2.24) is 15.1 Å². The molecule has 1 aliphatic rings. The molecule has 7 nitrogen and oxygen atoms in total. The van der Waals surface area contributed by atoms with E-state index in [0.717, 1.165) is 51.6 Å². The number of unbranched alkanes of at least 4 members (excludes halogenated alkanes) is 10. The molecule has 2 atom stereocenters. The van der Waals surface area contributed by atoms with Gasteiger partial charge in [0.15, 0.2) is 10.9 Å². The molecule has 0 bridgehead atoms. The third-order valence-corrected chi connectivity index (χ3v) is 8.12. The van der Waals surface area contributed by atoms with Crippen LogP contribution in [0.2, 0.25) is 0 Å². The molecule has 0 aromatic carbocycles. The molecule has 0 aliphatic carbocycles. The van der Waals surface area contributed by atoms with Crippen LogP contribution in [0.5, 0.6) is 0 Å². The summed E-state index contributed by atoms with van der Waals surface area (Å²) in [5.74, 6) is -0.600. The van der Waals surface area contributed by atoms with Crippen molar-refractivity contribution in [2.45, 2.75) is 142 Å². The third-order valence-electron chi connectivity index (χ3n) is 7.72. The van der Waals surface area contributed by atoms with Crippen LogP contribution in [0.1, 0.15) is 130 Å². The first-order valence-corrected chi connectivity index (χ1v) is 16.9. The van der Waals surface area contributed by atoms with Crippen molar-refractivity contribution in [2.24, 2.45) is 0 Å². The van der Waals surface area contributed by atoms with Gasteiger partial charge in [-0.2, -0.15) is 0 Å². The number of esters is 1. The zero-order chi connectivity index (χ0) is 29.5. The van der Waals surface area contributed by atoms with Crippen LogP contribution in [0.25, 0.3) is 0 Å². The van der Waals surface area contributed by atoms with Crippen LogP contribution in [0.4, 0.5) is 0 Å². The van der Waals surface area contributed by atoms with Gasteiger partial charge in [-0.3, -0.25) is 4.79 Å². The molecule has 236 valence electrons. The van der Waals surface area contributed by atoms with Crippen LogP contribution in [0, 0.1) is 0 Å². The number of nitrogens with one attached hydrogen (secondary N) is 1. The minimum Gasteiger partial charge on any atom is -0.464 e. The number of likely N-dealkylation sites (N-methyl/N-ethyl adjacent to an activating group) is 1. The Hall–Kier alpha value is -0.960. The van der Waals surface area contributed by atoms with Gasteiger partial charge >= 0.3 is 5.97 Å². The molecule has 1 N–H and O–H groups in total. The second-order valence-corrected chi connectivity index (χ2v) is 12.1. The first-order valence-electron chi connectivity index (χ1n) is 16.5. The molecule has 1 aliphatic heterocycles. The summed E-state index contributed by atoms with van der Waals surface area (Å²) in [5.41, 5.74) is 0. The van der Waals surface area contributed by atoms with Crippen molar-refractivity contribution in [3.05, 3.63) is 0 Å². The topological polar surface area (TPSA) is 63.3 Å². The summed E-state index contributed by atoms with van der Waals surface area (Å²) in [5, 5.41) is 3.87. The molecular weight excluding hydrogens is 522 g/mol. The lowest BCUT2D eigenvalue weighted by atomic mass is 9.99. The summed E-state index contributed by atoms with van der Waals surface area (Å²) in [6, 6.07) is 0. The van der Waals surface area contributed by atoms with Crippen LogP contribution in [-0.4, -0.2) is 86.3 Å². The zero-order valence-corrected chi connectivity index (χ0v) is 27.6. The van der Waals surface area contributed by atoms with E-state index in [-0.39, 0.29) is 24.4 Å². The van der Waals surface area contributed by atoms with Gasteiger partial charge in [0.1, 0.15) is 6.54 Å². The Morgan fingerprint density at radius 1 is 0.900 bits per heavy atom. The molecule has 0 aromatic heterocycles. The first-order chi connectivity index (χ1) is 19.4. The molecule has 1 rings (SSSR count). The number of carbonyl (C=O) groups is 1. The Labute approximate surface area is 252 Å². The van der Waals surface area contributed by atoms with Crippen LogP contribution < -0.4 is 5.32 Å². The van der Waals surface area contributed by atoms with Crippen molar-refractivity contribution in [3.8, 4) is 0 Å². The standard InChI is InChI=1S/C32H63N3O4S/c1-6-9-11-13-14-15-18-23-32(22-17-12-10-7-2)38-28-29(39-32)21-16-19-26-37-30(36)27-35(8-3)31(40)33-24-20-25-34(4)5/h29H,6-28H2,1-5H3,(H,33,40). The maximum Gasteiger partial charge on any atom is 0.325 e. The highest BCUT2D eigenvalue weighted by molar-refractivity contribution is 7.80. The molecule has 0 aromatic rings. The SMILES string of the molecule is CCCCCCCCCC1(CCCCCC)OCC(CCCCOC(=O)CN(CC)C(=S)NCCCN(C)C)O1. The predicted molar refractivity (Wildman–Crippen MR) is 171 cm³/mol. The largest absolute Gasteiger partial charge is 0.464 e. The number of thiocarbonyl (C=S) groups is 1. The van der Waals surface area contributed by atoms with E-state index < -0.39 is 0 Å². The molecule has 8 heteroatoms. The van der Waals surface area contributed by atoms with Gasteiger partial charge < -0.3 is 29.3 Å². The lowest BCUT2D eigenvalue weighted by molar-refractivity contribution is -0.180. The van der Waals surface area contributed by atoms with Crippen molar-refractivity contribution >= 4 is 23.3 Å². The molecule has 40 heavy (non-hydrogen) atoms. The Balaban J connectivity index is 2.30. The molecule has 1 saturated heterocycles. The Morgan fingerprint density at radius 3 is 2.15 bits per heavy atom. The summed E-state index contributed by atoms with van der Waals surface area (Å²) >= 11 is 5.47. The summed E-state index contributed by atoms with van der Waals surface area (Å²) in [6.45, 7) is 10.3. The third kappa shape index (κ3) is 17.8. The van der Waals surface area contributed by atoms with Crippen LogP contribution in [-0.2, 0) is 19.0 Å². The smallest absolute Gasteiger partial charge is 0.325 e. The Kier molecular flexibility index (Phi) is 21.9. The van der Waals surface area contributed by atoms with Crippen molar-refractivity contribution in [2.75, 3.05) is 53.5 Å². The predicted octanol–water partition coefficient (Wildman–Crippen LogP) is 7.07. The molecular formula is C32H63N3O4S. The van der Waals surface area contributed by atoms with Gasteiger partial charge in [-0.05, 0) is 78.3 Å². The molecule has 0 radical (unpaired) electrons. The van der Waals surface area contributed by atoms with Gasteiger partial charge in [0.25, 0.3) is 0 Å². The molecule has 1 fully saturated rings. The minimum atomic E-state index is -0.378. The van der Waals surface area contributed by atoms with Crippen LogP contribution >= 0.6 is 12.2 Å². The molecule has 1 heterocycles. The molecule has 0 spiro atoms. The van der Waals surface area contributed by atoms with Gasteiger partial charge in [-0.1, -0.05) is 71.6 Å². The van der Waals surface area contributed by atoms with Gasteiger partial charge in [0.05, 0.1) is 19.3 Å². The van der Waals surface area contributed by atoms with E-state index in [2.05, 4.69) is 38.2 Å². The second-order valence-electron chi connectivity index (χ2n) is 11.8. The number of nitrogens with zero attached hydrogens (tertiary/aromatic N) is 2. The van der Waals surface area contributed by atoms with E-state index >= 15 is 0 Å². The summed E-state index contributed by atoms with van der Waals surface area (Å²) in [6.07, 6.45) is 20.1. The van der Waals surface area contributed by atoms with Gasteiger partial charge in [0.2, 0.25) is 0 Å². The van der Waals surface area contributed by atoms with Crippen LogP contribution in [0.15, 0.2) is 0 Å². The maximum atomic E-state index is 12.4.